The normalized spacial score (nSPS) is 10.8. The van der Waals surface area contributed by atoms with Crippen molar-refractivity contribution in [3.05, 3.63) is 76.1 Å². The molecule has 0 bridgehead atoms. The third-order valence-electron chi connectivity index (χ3n) is 3.72. The fourth-order valence-corrected chi connectivity index (χ4v) is 2.38. The van der Waals surface area contributed by atoms with E-state index in [9.17, 15) is 22.4 Å². The van der Waals surface area contributed by atoms with Crippen LogP contribution in [0.3, 0.4) is 0 Å². The van der Waals surface area contributed by atoms with E-state index < -0.39 is 34.9 Å². The lowest BCUT2D eigenvalue weighted by molar-refractivity contribution is 0.101. The predicted molar refractivity (Wildman–Crippen MR) is 93.3 cm³/mol. The molecule has 146 valence electrons. The van der Waals surface area contributed by atoms with Crippen molar-refractivity contribution in [3.63, 3.8) is 0 Å². The Morgan fingerprint density at radius 3 is 2.46 bits per heavy atom. The number of anilines is 1. The highest BCUT2D eigenvalue weighted by atomic mass is 35.5. The molecule has 0 aliphatic carbocycles. The molecule has 0 unspecified atom stereocenters. The van der Waals surface area contributed by atoms with Crippen LogP contribution in [0.4, 0.5) is 23.2 Å². The second kappa shape index (κ2) is 7.89. The molecular weight excluding hydrogens is 402 g/mol. The first-order valence-electron chi connectivity index (χ1n) is 7.83. The fourth-order valence-electron chi connectivity index (χ4n) is 2.26. The lowest BCUT2D eigenvalue weighted by atomic mass is 10.2. The number of benzene rings is 2. The van der Waals surface area contributed by atoms with Crippen LogP contribution in [0.5, 0.6) is 5.75 Å². The highest BCUT2D eigenvalue weighted by Crippen LogP contribution is 2.25. The topological polar surface area (TPSA) is 56.1 Å². The number of nitrogens with one attached hydrogen (secondary N) is 1. The smallest absolute Gasteiger partial charge is 0.276 e. The van der Waals surface area contributed by atoms with Gasteiger partial charge in [0.2, 0.25) is 0 Å². The lowest BCUT2D eigenvalue weighted by Crippen LogP contribution is -2.17. The van der Waals surface area contributed by atoms with Gasteiger partial charge in [-0.15, -0.1) is 0 Å². The maximum atomic E-state index is 13.6. The maximum absolute atomic E-state index is 13.6. The van der Waals surface area contributed by atoms with E-state index in [2.05, 4.69) is 5.10 Å². The predicted octanol–water partition coefficient (Wildman–Crippen LogP) is 4.69. The Hall–Kier alpha value is -3.07. The van der Waals surface area contributed by atoms with Crippen molar-refractivity contribution in [1.82, 2.24) is 9.78 Å². The number of nitrogens with zero attached hydrogens (tertiary/aromatic N) is 2. The summed E-state index contributed by atoms with van der Waals surface area (Å²) in [5.74, 6) is -7.23. The van der Waals surface area contributed by atoms with Gasteiger partial charge in [0.1, 0.15) is 11.4 Å². The van der Waals surface area contributed by atoms with E-state index in [0.717, 1.165) is 5.56 Å². The van der Waals surface area contributed by atoms with Crippen molar-refractivity contribution >= 4 is 23.2 Å². The number of carbonyl (C=O) groups excluding carboxylic acids is 1. The molecule has 1 N–H and O–H groups in total. The van der Waals surface area contributed by atoms with Crippen molar-refractivity contribution in [2.24, 2.45) is 0 Å². The molecule has 3 rings (SSSR count). The Morgan fingerprint density at radius 1 is 1.14 bits per heavy atom. The number of aryl methyl sites for hydroxylation is 1. The summed E-state index contributed by atoms with van der Waals surface area (Å²) in [6.45, 7) is 1.74. The van der Waals surface area contributed by atoms with Crippen LogP contribution in [0.25, 0.3) is 0 Å². The molecule has 28 heavy (non-hydrogen) atoms. The first-order chi connectivity index (χ1) is 13.3. The van der Waals surface area contributed by atoms with E-state index in [1.165, 1.54) is 16.9 Å². The summed E-state index contributed by atoms with van der Waals surface area (Å²) in [7, 11) is 0. The average molecular weight is 414 g/mol. The van der Waals surface area contributed by atoms with Crippen molar-refractivity contribution in [2.45, 2.75) is 13.7 Å². The molecule has 10 heteroatoms. The Labute approximate surface area is 161 Å². The van der Waals surface area contributed by atoms with Crippen LogP contribution in [0.1, 0.15) is 16.1 Å². The highest BCUT2D eigenvalue weighted by molar-refractivity contribution is 6.31. The molecule has 5 nitrogen and oxygen atoms in total. The number of ether oxygens (including phenoxy) is 1. The van der Waals surface area contributed by atoms with Gasteiger partial charge in [0, 0.05) is 17.3 Å². The van der Waals surface area contributed by atoms with Crippen LogP contribution in [0.15, 0.2) is 36.5 Å². The van der Waals surface area contributed by atoms with E-state index in [1.807, 2.05) is 0 Å². The van der Waals surface area contributed by atoms with Gasteiger partial charge in [-0.25, -0.2) is 22.2 Å². The summed E-state index contributed by atoms with van der Waals surface area (Å²) in [6.07, 6.45) is 1.39. The van der Waals surface area contributed by atoms with Crippen molar-refractivity contribution in [2.75, 3.05) is 5.32 Å². The van der Waals surface area contributed by atoms with Crippen LogP contribution >= 0.6 is 11.6 Å². The number of amides is 1. The van der Waals surface area contributed by atoms with Crippen LogP contribution in [0.2, 0.25) is 5.02 Å². The van der Waals surface area contributed by atoms with Gasteiger partial charge in [0.25, 0.3) is 5.91 Å². The minimum absolute atomic E-state index is 0.0465. The molecule has 2 aromatic carbocycles. The third kappa shape index (κ3) is 4.09. The number of carbonyl (C=O) groups is 1. The molecule has 0 aliphatic rings. The third-order valence-corrected chi connectivity index (χ3v) is 4.14. The Bertz CT molecular complexity index is 1030. The molecule has 0 spiro atoms. The average Bonchev–Trinajstić information content (AvgIpc) is 3.13. The number of hydrogen-bond donors (Lipinski definition) is 1. The van der Waals surface area contributed by atoms with Crippen molar-refractivity contribution < 1.29 is 27.1 Å². The summed E-state index contributed by atoms with van der Waals surface area (Å²) >= 11 is 5.93. The maximum Gasteiger partial charge on any atom is 0.276 e. The molecule has 0 fully saturated rings. The summed E-state index contributed by atoms with van der Waals surface area (Å²) in [5.41, 5.74) is -0.657. The van der Waals surface area contributed by atoms with Crippen LogP contribution in [0, 0.1) is 30.2 Å². The first kappa shape index (κ1) is 19.7. The zero-order valence-corrected chi connectivity index (χ0v) is 15.0. The molecule has 0 aliphatic heterocycles. The van der Waals surface area contributed by atoms with Crippen molar-refractivity contribution in [1.29, 1.82) is 0 Å². The summed E-state index contributed by atoms with van der Waals surface area (Å²) in [4.78, 5) is 12.1. The Kier molecular flexibility index (Phi) is 5.55. The zero-order chi connectivity index (χ0) is 20.4. The zero-order valence-electron chi connectivity index (χ0n) is 14.3. The molecule has 1 heterocycles. The van der Waals surface area contributed by atoms with Crippen LogP contribution in [-0.2, 0) is 6.73 Å². The lowest BCUT2D eigenvalue weighted by Gasteiger charge is -2.08. The molecule has 0 atom stereocenters. The number of hydrogen-bond acceptors (Lipinski definition) is 3. The Balaban J connectivity index is 1.70. The largest absolute Gasteiger partial charge is 0.471 e. The quantitative estimate of drug-likeness (QED) is 0.487. The van der Waals surface area contributed by atoms with Gasteiger partial charge in [-0.2, -0.15) is 5.10 Å². The molecular formula is C18H12ClF4N3O2. The van der Waals surface area contributed by atoms with E-state index in [4.69, 9.17) is 16.3 Å². The summed E-state index contributed by atoms with van der Waals surface area (Å²) in [6, 6.07) is 6.32. The Morgan fingerprint density at radius 2 is 1.82 bits per heavy atom. The monoisotopic (exact) mass is 413 g/mol. The van der Waals surface area contributed by atoms with E-state index in [0.29, 0.717) is 10.8 Å². The molecule has 1 amide bonds. The minimum atomic E-state index is -1.71. The standard InChI is InChI=1S/C18H12ClF4N3O2/c1-9-6-10(2-3-11(9)19)28-8-26-5-4-14(25-26)18(27)24-17-15(22)12(20)7-13(21)16(17)23/h2-7H,8H2,1H3,(H,24,27). The van der Waals surface area contributed by atoms with E-state index in [1.54, 1.807) is 30.4 Å². The summed E-state index contributed by atoms with van der Waals surface area (Å²) in [5, 5.41) is 6.25. The van der Waals surface area contributed by atoms with Gasteiger partial charge < -0.3 is 10.1 Å². The van der Waals surface area contributed by atoms with Gasteiger partial charge in [-0.1, -0.05) is 11.6 Å². The van der Waals surface area contributed by atoms with Gasteiger partial charge in [0.05, 0.1) is 0 Å². The first-order valence-corrected chi connectivity index (χ1v) is 8.21. The van der Waals surface area contributed by atoms with E-state index in [-0.39, 0.29) is 18.5 Å². The SMILES string of the molecule is Cc1cc(OCn2ccc(C(=O)Nc3c(F)c(F)cc(F)c3F)n2)ccc1Cl. The number of halogens is 5. The number of rotatable bonds is 5. The second-order valence-electron chi connectivity index (χ2n) is 5.72. The molecule has 0 saturated carbocycles. The highest BCUT2D eigenvalue weighted by Gasteiger charge is 2.22. The molecule has 0 saturated heterocycles. The second-order valence-corrected chi connectivity index (χ2v) is 6.13. The number of aromatic nitrogens is 2. The fraction of sp³-hybridized carbons (Fsp3) is 0.111. The summed E-state index contributed by atoms with van der Waals surface area (Å²) < 4.78 is 60.5. The minimum Gasteiger partial charge on any atom is -0.471 e. The van der Waals surface area contributed by atoms with Gasteiger partial charge in [-0.3, -0.25) is 4.79 Å². The van der Waals surface area contributed by atoms with Gasteiger partial charge in [0.15, 0.2) is 35.7 Å². The molecule has 0 radical (unpaired) electrons. The van der Waals surface area contributed by atoms with Crippen LogP contribution < -0.4 is 10.1 Å². The van der Waals surface area contributed by atoms with Gasteiger partial charge >= 0.3 is 0 Å². The molecule has 1 aromatic heterocycles. The van der Waals surface area contributed by atoms with E-state index >= 15 is 0 Å². The van der Waals surface area contributed by atoms with Crippen molar-refractivity contribution in [3.8, 4) is 5.75 Å². The molecule has 3 aromatic rings. The van der Waals surface area contributed by atoms with Crippen LogP contribution in [-0.4, -0.2) is 15.7 Å². The van der Waals surface area contributed by atoms with Gasteiger partial charge in [-0.05, 0) is 36.8 Å².